The van der Waals surface area contributed by atoms with Crippen molar-refractivity contribution in [2.24, 2.45) is 12.2 Å². The van der Waals surface area contributed by atoms with E-state index in [1.165, 1.54) is 0 Å². The first-order valence-corrected chi connectivity index (χ1v) is 5.82. The third-order valence-electron chi connectivity index (χ3n) is 2.96. The number of rotatable bonds is 5. The molecule has 0 saturated carbocycles. The van der Waals surface area contributed by atoms with E-state index >= 15 is 0 Å². The fourth-order valence-corrected chi connectivity index (χ4v) is 2.00. The highest BCUT2D eigenvalue weighted by molar-refractivity contribution is 5.76. The second kappa shape index (κ2) is 5.53. The van der Waals surface area contributed by atoms with Gasteiger partial charge in [-0.2, -0.15) is 0 Å². The van der Waals surface area contributed by atoms with Crippen molar-refractivity contribution in [3.05, 3.63) is 40.5 Å². The molecule has 18 heavy (non-hydrogen) atoms. The minimum Gasteiger partial charge on any atom is -0.396 e. The molecule has 0 saturated heterocycles. The summed E-state index contributed by atoms with van der Waals surface area (Å²) >= 11 is 0. The van der Waals surface area contributed by atoms with Crippen LogP contribution in [0.3, 0.4) is 0 Å². The van der Waals surface area contributed by atoms with Crippen LogP contribution in [0.15, 0.2) is 29.6 Å². The SMILES string of the molecule is Cn1cnc2cc(C(CCCO)N=[N+]=[N-])ccc21. The zero-order valence-corrected chi connectivity index (χ0v) is 10.2. The minimum atomic E-state index is -0.242. The maximum atomic E-state index is 8.85. The molecule has 1 atom stereocenters. The van der Waals surface area contributed by atoms with E-state index in [-0.39, 0.29) is 12.6 Å². The molecule has 1 aromatic heterocycles. The smallest absolute Gasteiger partial charge is 0.0955 e. The summed E-state index contributed by atoms with van der Waals surface area (Å²) in [6.07, 6.45) is 3.01. The Morgan fingerprint density at radius 3 is 3.11 bits per heavy atom. The summed E-state index contributed by atoms with van der Waals surface area (Å²) in [5, 5.41) is 12.6. The molecule has 2 aromatic rings. The van der Waals surface area contributed by atoms with Crippen LogP contribution in [0.5, 0.6) is 0 Å². The average Bonchev–Trinajstić information content (AvgIpc) is 2.76. The lowest BCUT2D eigenvalue weighted by molar-refractivity contribution is 0.280. The van der Waals surface area contributed by atoms with Crippen molar-refractivity contribution in [3.8, 4) is 0 Å². The van der Waals surface area contributed by atoms with Gasteiger partial charge in [0.05, 0.1) is 23.4 Å². The van der Waals surface area contributed by atoms with Crippen molar-refractivity contribution >= 4 is 11.0 Å². The summed E-state index contributed by atoms with van der Waals surface area (Å²) < 4.78 is 1.94. The van der Waals surface area contributed by atoms with E-state index in [0.717, 1.165) is 16.6 Å². The topological polar surface area (TPSA) is 86.8 Å². The van der Waals surface area contributed by atoms with Gasteiger partial charge in [0.2, 0.25) is 0 Å². The van der Waals surface area contributed by atoms with Gasteiger partial charge in [-0.25, -0.2) is 4.98 Å². The number of fused-ring (bicyclic) bond motifs is 1. The predicted molar refractivity (Wildman–Crippen MR) is 68.9 cm³/mol. The molecule has 6 nitrogen and oxygen atoms in total. The number of imidazole rings is 1. The number of azide groups is 1. The molecule has 0 aliphatic heterocycles. The van der Waals surface area contributed by atoms with Crippen LogP contribution >= 0.6 is 0 Å². The fourth-order valence-electron chi connectivity index (χ4n) is 2.00. The van der Waals surface area contributed by atoms with Crippen molar-refractivity contribution in [1.29, 1.82) is 0 Å². The standard InChI is InChI=1S/C12H15N5O/c1-17-8-14-11-7-9(4-5-12(11)17)10(15-16-13)3-2-6-18/h4-5,7-8,10,18H,2-3,6H2,1H3. The molecule has 1 heterocycles. The van der Waals surface area contributed by atoms with Crippen molar-refractivity contribution in [2.75, 3.05) is 6.61 Å². The number of aromatic nitrogens is 2. The number of hydrogen-bond donors (Lipinski definition) is 1. The van der Waals surface area contributed by atoms with Crippen LogP contribution < -0.4 is 0 Å². The third-order valence-corrected chi connectivity index (χ3v) is 2.96. The van der Waals surface area contributed by atoms with Gasteiger partial charge in [0.25, 0.3) is 0 Å². The molecule has 6 heteroatoms. The zero-order chi connectivity index (χ0) is 13.0. The summed E-state index contributed by atoms with van der Waals surface area (Å²) in [5.41, 5.74) is 11.5. The molecular formula is C12H15N5O. The van der Waals surface area contributed by atoms with Crippen molar-refractivity contribution in [2.45, 2.75) is 18.9 Å². The van der Waals surface area contributed by atoms with Crippen LogP contribution in [0.25, 0.3) is 21.5 Å². The molecule has 0 amide bonds. The Morgan fingerprint density at radius 1 is 1.56 bits per heavy atom. The molecular weight excluding hydrogens is 230 g/mol. The van der Waals surface area contributed by atoms with Crippen molar-refractivity contribution < 1.29 is 5.11 Å². The van der Waals surface area contributed by atoms with Gasteiger partial charge in [-0.15, -0.1) is 0 Å². The Morgan fingerprint density at radius 2 is 2.39 bits per heavy atom. The molecule has 0 fully saturated rings. The van der Waals surface area contributed by atoms with Crippen LogP contribution in [0.2, 0.25) is 0 Å². The highest BCUT2D eigenvalue weighted by Crippen LogP contribution is 2.25. The van der Waals surface area contributed by atoms with Gasteiger partial charge in [-0.1, -0.05) is 11.2 Å². The van der Waals surface area contributed by atoms with Gasteiger partial charge in [0.1, 0.15) is 0 Å². The minimum absolute atomic E-state index is 0.100. The van der Waals surface area contributed by atoms with Crippen LogP contribution in [-0.2, 0) is 7.05 Å². The molecule has 1 unspecified atom stereocenters. The highest BCUT2D eigenvalue weighted by atomic mass is 16.2. The summed E-state index contributed by atoms with van der Waals surface area (Å²) in [4.78, 5) is 7.15. The molecule has 0 aliphatic rings. The van der Waals surface area contributed by atoms with Gasteiger partial charge >= 0.3 is 0 Å². The van der Waals surface area contributed by atoms with Crippen LogP contribution in [-0.4, -0.2) is 21.3 Å². The Balaban J connectivity index is 2.34. The maximum absolute atomic E-state index is 8.85. The molecule has 1 N–H and O–H groups in total. The molecule has 0 spiro atoms. The van der Waals surface area contributed by atoms with E-state index in [4.69, 9.17) is 10.6 Å². The van der Waals surface area contributed by atoms with E-state index in [1.54, 1.807) is 6.33 Å². The van der Waals surface area contributed by atoms with Gasteiger partial charge < -0.3 is 9.67 Å². The van der Waals surface area contributed by atoms with Crippen molar-refractivity contribution in [3.63, 3.8) is 0 Å². The van der Waals surface area contributed by atoms with Gasteiger partial charge in [0.15, 0.2) is 0 Å². The number of aliphatic hydroxyl groups excluding tert-OH is 1. The fraction of sp³-hybridized carbons (Fsp3) is 0.417. The Kier molecular flexibility index (Phi) is 3.82. The molecule has 0 radical (unpaired) electrons. The molecule has 94 valence electrons. The maximum Gasteiger partial charge on any atom is 0.0955 e. The van der Waals surface area contributed by atoms with Crippen LogP contribution in [0, 0.1) is 0 Å². The summed E-state index contributed by atoms with van der Waals surface area (Å²) in [6, 6.07) is 5.61. The van der Waals surface area contributed by atoms with E-state index in [2.05, 4.69) is 15.0 Å². The second-order valence-corrected chi connectivity index (χ2v) is 4.19. The quantitative estimate of drug-likeness (QED) is 0.498. The molecule has 0 aliphatic carbocycles. The predicted octanol–water partition coefficient (Wildman–Crippen LogP) is 2.70. The average molecular weight is 245 g/mol. The number of benzene rings is 1. The lowest BCUT2D eigenvalue weighted by atomic mass is 10.0. The lowest BCUT2D eigenvalue weighted by Crippen LogP contribution is -1.97. The molecule has 1 aromatic carbocycles. The van der Waals surface area contributed by atoms with Gasteiger partial charge in [-0.05, 0) is 36.1 Å². The number of nitrogens with zero attached hydrogens (tertiary/aromatic N) is 5. The first kappa shape index (κ1) is 12.4. The number of aliphatic hydroxyl groups is 1. The van der Waals surface area contributed by atoms with Gasteiger partial charge in [0, 0.05) is 18.6 Å². The second-order valence-electron chi connectivity index (χ2n) is 4.19. The zero-order valence-electron chi connectivity index (χ0n) is 10.2. The highest BCUT2D eigenvalue weighted by Gasteiger charge is 2.11. The third kappa shape index (κ3) is 2.45. The Hall–Kier alpha value is -2.04. The normalized spacial score (nSPS) is 12.3. The van der Waals surface area contributed by atoms with Gasteiger partial charge in [-0.3, -0.25) is 0 Å². The summed E-state index contributed by atoms with van der Waals surface area (Å²) in [6.45, 7) is 0.100. The first-order valence-electron chi connectivity index (χ1n) is 5.82. The van der Waals surface area contributed by atoms with E-state index < -0.39 is 0 Å². The van der Waals surface area contributed by atoms with Crippen molar-refractivity contribution in [1.82, 2.24) is 9.55 Å². The van der Waals surface area contributed by atoms with Crippen LogP contribution in [0.1, 0.15) is 24.4 Å². The van der Waals surface area contributed by atoms with E-state index in [1.807, 2.05) is 29.8 Å². The van der Waals surface area contributed by atoms with E-state index in [9.17, 15) is 0 Å². The largest absolute Gasteiger partial charge is 0.396 e. The Bertz CT molecular complexity index is 585. The first-order chi connectivity index (χ1) is 8.76. The Labute approximate surface area is 105 Å². The number of aryl methyl sites for hydroxylation is 1. The van der Waals surface area contributed by atoms with Crippen LogP contribution in [0.4, 0.5) is 0 Å². The lowest BCUT2D eigenvalue weighted by Gasteiger charge is -2.10. The summed E-state index contributed by atoms with van der Waals surface area (Å²) in [5.74, 6) is 0. The molecule has 2 rings (SSSR count). The molecule has 0 bridgehead atoms. The summed E-state index contributed by atoms with van der Waals surface area (Å²) in [7, 11) is 1.94. The monoisotopic (exact) mass is 245 g/mol. The van der Waals surface area contributed by atoms with E-state index in [0.29, 0.717) is 12.8 Å². The number of hydrogen-bond acceptors (Lipinski definition) is 3.